The Balaban J connectivity index is 0.00000204. The van der Waals surface area contributed by atoms with Crippen molar-refractivity contribution in [1.29, 1.82) is 0 Å². The number of halogens is 2. The van der Waals surface area contributed by atoms with Crippen LogP contribution in [0.1, 0.15) is 36.6 Å². The molecule has 4 rings (SSSR count). The topological polar surface area (TPSA) is 105 Å². The molecule has 0 radical (unpaired) electrons. The molecule has 2 aromatic carbocycles. The van der Waals surface area contributed by atoms with Crippen LogP contribution in [0.5, 0.6) is 0 Å². The largest absolute Gasteiger partial charge is 0.481 e. The molecule has 2 saturated heterocycles. The smallest absolute Gasteiger partial charge is 0.326 e. The first-order valence-electron chi connectivity index (χ1n) is 10.9. The number of nitrogens with zero attached hydrogens (tertiary/aromatic N) is 1. The highest BCUT2D eigenvalue weighted by atomic mass is 35.5. The first-order chi connectivity index (χ1) is 15.4. The van der Waals surface area contributed by atoms with Crippen LogP contribution >= 0.6 is 36.6 Å². The number of esters is 1. The van der Waals surface area contributed by atoms with Gasteiger partial charge in [0.15, 0.2) is 6.23 Å². The molecule has 34 heavy (non-hydrogen) atoms. The second kappa shape index (κ2) is 12.8. The van der Waals surface area contributed by atoms with Gasteiger partial charge in [0.2, 0.25) is 0 Å². The number of hydrogen-bond donors (Lipinski definition) is 3. The van der Waals surface area contributed by atoms with Crippen LogP contribution in [0, 0.1) is 0 Å². The zero-order chi connectivity index (χ0) is 22.6. The van der Waals surface area contributed by atoms with Crippen LogP contribution in [-0.4, -0.2) is 51.2 Å². The number of carbonyl (C=O) groups is 2. The van der Waals surface area contributed by atoms with Crippen LogP contribution in [0.15, 0.2) is 60.7 Å². The van der Waals surface area contributed by atoms with Gasteiger partial charge in [0.05, 0.1) is 11.8 Å². The predicted molar refractivity (Wildman–Crippen MR) is 138 cm³/mol. The van der Waals surface area contributed by atoms with E-state index in [1.54, 1.807) is 11.8 Å². The van der Waals surface area contributed by atoms with Gasteiger partial charge in [-0.1, -0.05) is 60.7 Å². The van der Waals surface area contributed by atoms with Gasteiger partial charge in [0.25, 0.3) is 0 Å². The van der Waals surface area contributed by atoms with Crippen molar-refractivity contribution in [2.45, 2.75) is 48.2 Å². The second-order valence-electron chi connectivity index (χ2n) is 8.40. The highest BCUT2D eigenvalue weighted by Crippen LogP contribution is 2.47. The monoisotopic (exact) mass is 527 g/mol. The Morgan fingerprint density at radius 1 is 1.09 bits per heavy atom. The van der Waals surface area contributed by atoms with Gasteiger partial charge in [-0.2, -0.15) is 0 Å². The summed E-state index contributed by atoms with van der Waals surface area (Å²) >= 11 is 1.57. The van der Waals surface area contributed by atoms with Crippen molar-refractivity contribution in [3.63, 3.8) is 0 Å². The number of benzene rings is 2. The average Bonchev–Trinajstić information content (AvgIpc) is 3.13. The molecule has 2 aromatic rings. The number of hydrogen-bond acceptors (Lipinski definition) is 7. The van der Waals surface area contributed by atoms with E-state index in [-0.39, 0.29) is 36.6 Å². The lowest BCUT2D eigenvalue weighted by Gasteiger charge is -2.41. The maximum Gasteiger partial charge on any atom is 0.326 e. The summed E-state index contributed by atoms with van der Waals surface area (Å²) in [5, 5.41) is 12.2. The zero-order valence-corrected chi connectivity index (χ0v) is 21.1. The molecular formula is C24H31Cl2N3O4S. The van der Waals surface area contributed by atoms with E-state index in [1.165, 1.54) is 5.56 Å². The molecule has 2 heterocycles. The molecule has 0 aromatic heterocycles. The molecule has 7 nitrogen and oxygen atoms in total. The van der Waals surface area contributed by atoms with Crippen molar-refractivity contribution in [2.75, 3.05) is 13.1 Å². The maximum absolute atomic E-state index is 13.2. The van der Waals surface area contributed by atoms with E-state index in [0.717, 1.165) is 38.0 Å². The molecule has 186 valence electrons. The lowest BCUT2D eigenvalue weighted by molar-refractivity contribution is -0.153. The summed E-state index contributed by atoms with van der Waals surface area (Å²) in [5.74, 6) is -1.31. The Bertz CT molecular complexity index is 930. The maximum atomic E-state index is 13.2. The van der Waals surface area contributed by atoms with Crippen molar-refractivity contribution in [3.8, 4) is 0 Å². The predicted octanol–water partition coefficient (Wildman–Crippen LogP) is 3.57. The summed E-state index contributed by atoms with van der Waals surface area (Å²) in [6.45, 7) is 2.53. The number of nitrogens with one attached hydrogen (secondary N) is 1. The van der Waals surface area contributed by atoms with E-state index in [9.17, 15) is 14.7 Å². The first kappa shape index (κ1) is 28.4. The Hall–Kier alpha value is -1.81. The number of ether oxygens (including phenoxy) is 1. The standard InChI is InChI=1S/C24H29N3O4S.2ClH/c25-22(18-9-5-2-6-10-18)31-23(30)21-24(32-19(26-21)15-20(28)29)11-13-27(14-12-24)16-17-7-3-1-4-8-17;;/h1-10,19,21-22,26H,11-16,25H2,(H,28,29);2*1H. The third-order valence-corrected chi connectivity index (χ3v) is 7.87. The zero-order valence-electron chi connectivity index (χ0n) is 18.7. The lowest BCUT2D eigenvalue weighted by Crippen LogP contribution is -2.54. The summed E-state index contributed by atoms with van der Waals surface area (Å²) in [6.07, 6.45) is 0.639. The minimum atomic E-state index is -0.887. The number of carboxylic acid groups (broad SMARTS) is 1. The molecule has 1 spiro atoms. The minimum absolute atomic E-state index is 0. The van der Waals surface area contributed by atoms with E-state index < -0.39 is 29.0 Å². The molecule has 2 aliphatic heterocycles. The fourth-order valence-corrected chi connectivity index (χ4v) is 6.22. The number of aliphatic carboxylic acids is 1. The van der Waals surface area contributed by atoms with Crippen molar-refractivity contribution in [3.05, 3.63) is 71.8 Å². The fraction of sp³-hybridized carbons (Fsp3) is 0.417. The Morgan fingerprint density at radius 2 is 1.68 bits per heavy atom. The van der Waals surface area contributed by atoms with Gasteiger partial charge >= 0.3 is 11.9 Å². The van der Waals surface area contributed by atoms with Crippen molar-refractivity contribution < 1.29 is 19.4 Å². The summed E-state index contributed by atoms with van der Waals surface area (Å²) in [5.41, 5.74) is 8.11. The van der Waals surface area contributed by atoms with E-state index in [4.69, 9.17) is 10.5 Å². The van der Waals surface area contributed by atoms with Crippen LogP contribution in [0.4, 0.5) is 0 Å². The highest BCUT2D eigenvalue weighted by Gasteiger charge is 2.53. The van der Waals surface area contributed by atoms with Crippen molar-refractivity contribution in [2.24, 2.45) is 5.73 Å². The van der Waals surface area contributed by atoms with E-state index in [0.29, 0.717) is 0 Å². The van der Waals surface area contributed by atoms with Gasteiger partial charge in [0, 0.05) is 16.9 Å². The van der Waals surface area contributed by atoms with Crippen LogP contribution in [0.3, 0.4) is 0 Å². The quantitative estimate of drug-likeness (QED) is 0.370. The molecular weight excluding hydrogens is 497 g/mol. The third-order valence-electron chi connectivity index (χ3n) is 6.17. The van der Waals surface area contributed by atoms with Crippen LogP contribution in [0.25, 0.3) is 0 Å². The van der Waals surface area contributed by atoms with Crippen molar-refractivity contribution >= 4 is 48.5 Å². The number of carbonyl (C=O) groups excluding carboxylic acids is 1. The summed E-state index contributed by atoms with van der Waals surface area (Å²) < 4.78 is 5.22. The van der Waals surface area contributed by atoms with E-state index >= 15 is 0 Å². The number of rotatable bonds is 7. The summed E-state index contributed by atoms with van der Waals surface area (Å²) in [4.78, 5) is 26.9. The van der Waals surface area contributed by atoms with Gasteiger partial charge < -0.3 is 9.84 Å². The Labute approximate surface area is 216 Å². The van der Waals surface area contributed by atoms with Gasteiger partial charge in [0.1, 0.15) is 6.04 Å². The molecule has 0 amide bonds. The molecule has 3 atom stereocenters. The normalized spacial score (nSPS) is 22.3. The van der Waals surface area contributed by atoms with E-state index in [2.05, 4.69) is 22.3 Å². The molecule has 0 aliphatic carbocycles. The summed E-state index contributed by atoms with van der Waals surface area (Å²) in [6, 6.07) is 18.9. The van der Waals surface area contributed by atoms with Gasteiger partial charge in [-0.25, -0.2) is 0 Å². The first-order valence-corrected chi connectivity index (χ1v) is 11.8. The van der Waals surface area contributed by atoms with Gasteiger partial charge in [-0.05, 0) is 31.5 Å². The Morgan fingerprint density at radius 3 is 2.26 bits per heavy atom. The lowest BCUT2D eigenvalue weighted by atomic mass is 9.88. The molecule has 2 fully saturated rings. The highest BCUT2D eigenvalue weighted by molar-refractivity contribution is 8.01. The molecule has 2 aliphatic rings. The molecule has 4 N–H and O–H groups in total. The SMILES string of the molecule is Cl.Cl.NC(OC(=O)C1NC(CC(=O)O)SC12CCN(Cc1ccccc1)CC2)c1ccccc1. The van der Waals surface area contributed by atoms with Crippen molar-refractivity contribution in [1.82, 2.24) is 10.2 Å². The van der Waals surface area contributed by atoms with Crippen LogP contribution in [-0.2, 0) is 20.9 Å². The van der Waals surface area contributed by atoms with E-state index in [1.807, 2.05) is 48.5 Å². The van der Waals surface area contributed by atoms with Crippen LogP contribution < -0.4 is 11.1 Å². The minimum Gasteiger partial charge on any atom is -0.481 e. The van der Waals surface area contributed by atoms with Crippen LogP contribution in [0.2, 0.25) is 0 Å². The average molecular weight is 529 g/mol. The number of nitrogens with two attached hydrogens (primary N) is 1. The Kier molecular flexibility index (Phi) is 10.7. The van der Waals surface area contributed by atoms with Gasteiger partial charge in [-0.3, -0.25) is 25.5 Å². The fourth-order valence-electron chi connectivity index (χ4n) is 4.51. The number of likely N-dealkylation sites (tertiary alicyclic amines) is 1. The molecule has 0 bridgehead atoms. The number of carboxylic acids is 1. The second-order valence-corrected chi connectivity index (χ2v) is 10.0. The third kappa shape index (κ3) is 6.87. The number of thioether (sulfide) groups is 1. The molecule has 10 heteroatoms. The van der Waals surface area contributed by atoms with Gasteiger partial charge in [-0.15, -0.1) is 36.6 Å². The number of piperidine rings is 1. The molecule has 3 unspecified atom stereocenters. The summed E-state index contributed by atoms with van der Waals surface area (Å²) in [7, 11) is 0. The molecule has 0 saturated carbocycles.